The topological polar surface area (TPSA) is 31.4 Å². The van der Waals surface area contributed by atoms with Gasteiger partial charge in [0.2, 0.25) is 0 Å². The van der Waals surface area contributed by atoms with Gasteiger partial charge in [-0.1, -0.05) is 121 Å². The predicted octanol–water partition coefficient (Wildman–Crippen LogP) is 17.4. The van der Waals surface area contributed by atoms with Gasteiger partial charge in [0.15, 0.2) is 23.0 Å². The molecule has 0 unspecified atom stereocenters. The Morgan fingerprint density at radius 1 is 0.242 bits per heavy atom. The molecule has 0 spiro atoms. The van der Waals surface area contributed by atoms with E-state index in [0.717, 1.165) is 102 Å². The molecular formula is C60H42N4O2. The summed E-state index contributed by atoms with van der Waals surface area (Å²) in [6.07, 6.45) is 0. The normalized spacial score (nSPS) is 12.1. The zero-order valence-corrected chi connectivity index (χ0v) is 35.9. The van der Waals surface area contributed by atoms with E-state index in [2.05, 4.69) is 238 Å². The van der Waals surface area contributed by atoms with Gasteiger partial charge >= 0.3 is 0 Å². The molecule has 10 aromatic carbocycles. The molecule has 0 N–H and O–H groups in total. The Labute approximate surface area is 384 Å². The van der Waals surface area contributed by atoms with Crippen LogP contribution in [-0.4, -0.2) is 0 Å². The zero-order valence-electron chi connectivity index (χ0n) is 35.9. The van der Waals surface area contributed by atoms with Gasteiger partial charge in [0.1, 0.15) is 0 Å². The van der Waals surface area contributed by atoms with Gasteiger partial charge in [-0.2, -0.15) is 0 Å². The summed E-state index contributed by atoms with van der Waals surface area (Å²) in [6.45, 7) is 0. The summed E-state index contributed by atoms with van der Waals surface area (Å²) in [5.41, 5.74) is 14.6. The molecule has 2 heterocycles. The highest BCUT2D eigenvalue weighted by molar-refractivity contribution is 5.91. The van der Waals surface area contributed by atoms with Crippen molar-refractivity contribution in [1.82, 2.24) is 0 Å². The average Bonchev–Trinajstić information content (AvgIpc) is 3.39. The second-order valence-electron chi connectivity index (χ2n) is 16.2. The molecule has 6 nitrogen and oxygen atoms in total. The molecule has 2 aliphatic heterocycles. The summed E-state index contributed by atoms with van der Waals surface area (Å²) in [6, 6.07) is 88.9. The van der Waals surface area contributed by atoms with E-state index in [1.165, 1.54) is 0 Å². The number of anilines is 12. The minimum atomic E-state index is 0.791. The third-order valence-electron chi connectivity index (χ3n) is 12.2. The van der Waals surface area contributed by atoms with Gasteiger partial charge in [0.25, 0.3) is 0 Å². The second kappa shape index (κ2) is 16.6. The van der Waals surface area contributed by atoms with Gasteiger partial charge in [-0.3, -0.25) is 0 Å². The van der Waals surface area contributed by atoms with Crippen molar-refractivity contribution in [3.8, 4) is 34.1 Å². The monoisotopic (exact) mass is 850 g/mol. The molecule has 0 amide bonds. The molecule has 0 radical (unpaired) electrons. The first kappa shape index (κ1) is 38.7. The first-order valence-electron chi connectivity index (χ1n) is 22.2. The lowest BCUT2D eigenvalue weighted by molar-refractivity contribution is 0.477. The Morgan fingerprint density at radius 3 is 0.939 bits per heavy atom. The van der Waals surface area contributed by atoms with Gasteiger partial charge in [0.05, 0.1) is 22.7 Å². The molecule has 314 valence electrons. The molecule has 12 rings (SSSR count). The highest BCUT2D eigenvalue weighted by Crippen LogP contribution is 2.54. The van der Waals surface area contributed by atoms with Crippen molar-refractivity contribution >= 4 is 68.2 Å². The highest BCUT2D eigenvalue weighted by Gasteiger charge is 2.29. The fraction of sp³-hybridized carbons (Fsp3) is 0. The Hall–Kier alpha value is -9.00. The van der Waals surface area contributed by atoms with Crippen LogP contribution >= 0.6 is 0 Å². The SMILES string of the molecule is c1ccc(N(c2ccc(-c3ccc(N(c4ccccc4)c4ccc5c(c4)Oc4ccccc4N5c4ccccc4)cc3)cc2)c2ccc3c(c2)Oc2ccccc2N3c2ccccc2)cc1. The van der Waals surface area contributed by atoms with Crippen molar-refractivity contribution in [3.63, 3.8) is 0 Å². The van der Waals surface area contributed by atoms with Gasteiger partial charge in [0, 0.05) is 57.6 Å². The second-order valence-corrected chi connectivity index (χ2v) is 16.2. The van der Waals surface area contributed by atoms with Crippen LogP contribution in [0.1, 0.15) is 0 Å². The molecule has 0 saturated carbocycles. The Balaban J connectivity index is 0.865. The number of benzene rings is 10. The summed E-state index contributed by atoms with van der Waals surface area (Å²) in [4.78, 5) is 9.09. The van der Waals surface area contributed by atoms with Crippen molar-refractivity contribution in [2.45, 2.75) is 0 Å². The van der Waals surface area contributed by atoms with E-state index in [1.807, 2.05) is 36.4 Å². The van der Waals surface area contributed by atoms with Crippen molar-refractivity contribution in [2.24, 2.45) is 0 Å². The van der Waals surface area contributed by atoms with Crippen LogP contribution in [0.25, 0.3) is 11.1 Å². The number of hydrogen-bond acceptors (Lipinski definition) is 6. The molecule has 10 aromatic rings. The maximum Gasteiger partial charge on any atom is 0.153 e. The maximum atomic E-state index is 6.63. The van der Waals surface area contributed by atoms with Crippen LogP contribution in [0.5, 0.6) is 23.0 Å². The summed E-state index contributed by atoms with van der Waals surface area (Å²) in [7, 11) is 0. The first-order chi connectivity index (χ1) is 32.7. The third-order valence-corrected chi connectivity index (χ3v) is 12.2. The fourth-order valence-corrected chi connectivity index (χ4v) is 9.13. The predicted molar refractivity (Wildman–Crippen MR) is 271 cm³/mol. The maximum absolute atomic E-state index is 6.63. The van der Waals surface area contributed by atoms with Crippen molar-refractivity contribution < 1.29 is 9.47 Å². The van der Waals surface area contributed by atoms with E-state index in [-0.39, 0.29) is 0 Å². The van der Waals surface area contributed by atoms with Gasteiger partial charge < -0.3 is 29.1 Å². The van der Waals surface area contributed by atoms with Crippen molar-refractivity contribution in [3.05, 3.63) is 255 Å². The van der Waals surface area contributed by atoms with Crippen LogP contribution in [-0.2, 0) is 0 Å². The molecule has 2 aliphatic rings. The number of hydrogen-bond donors (Lipinski definition) is 0. The standard InChI is InChI=1S/C60H42N4O2/c1-5-17-45(18-6-1)61(51-37-39-55-59(41-51)65-57-27-15-13-25-53(57)63(55)47-21-9-3-10-22-47)49-33-29-43(30-34-49)44-31-35-50(36-32-44)62(46-19-7-2-8-20-46)52-38-40-56-60(42-52)66-58-28-16-14-26-54(58)64(56)48-23-11-4-12-24-48/h1-42H. The van der Waals surface area contributed by atoms with Crippen LogP contribution < -0.4 is 29.1 Å². The summed E-state index contributed by atoms with van der Waals surface area (Å²) < 4.78 is 13.3. The van der Waals surface area contributed by atoms with Crippen LogP contribution in [0.3, 0.4) is 0 Å². The highest BCUT2D eigenvalue weighted by atomic mass is 16.5. The van der Waals surface area contributed by atoms with Crippen LogP contribution in [0.15, 0.2) is 255 Å². The van der Waals surface area contributed by atoms with E-state index in [4.69, 9.17) is 9.47 Å². The van der Waals surface area contributed by atoms with Crippen molar-refractivity contribution in [2.75, 3.05) is 19.6 Å². The molecule has 6 heteroatoms. The Kier molecular flexibility index (Phi) is 9.73. The first-order valence-corrected chi connectivity index (χ1v) is 22.2. The van der Waals surface area contributed by atoms with Gasteiger partial charge in [-0.15, -0.1) is 0 Å². The molecule has 66 heavy (non-hydrogen) atoms. The lowest BCUT2D eigenvalue weighted by Gasteiger charge is -2.34. The third kappa shape index (κ3) is 7.03. The quantitative estimate of drug-likeness (QED) is 0.144. The number of nitrogens with zero attached hydrogens (tertiary/aromatic N) is 4. The molecule has 0 saturated heterocycles. The fourth-order valence-electron chi connectivity index (χ4n) is 9.13. The average molecular weight is 851 g/mol. The lowest BCUT2D eigenvalue weighted by Crippen LogP contribution is -2.16. The Bertz CT molecular complexity index is 3090. The van der Waals surface area contributed by atoms with Gasteiger partial charge in [-0.05, 0) is 132 Å². The molecule has 0 aromatic heterocycles. The van der Waals surface area contributed by atoms with Crippen LogP contribution in [0.4, 0.5) is 68.2 Å². The van der Waals surface area contributed by atoms with Gasteiger partial charge in [-0.25, -0.2) is 0 Å². The lowest BCUT2D eigenvalue weighted by atomic mass is 10.0. The number of fused-ring (bicyclic) bond motifs is 4. The number of ether oxygens (including phenoxy) is 2. The molecule has 0 atom stereocenters. The van der Waals surface area contributed by atoms with E-state index in [9.17, 15) is 0 Å². The summed E-state index contributed by atoms with van der Waals surface area (Å²) >= 11 is 0. The Morgan fingerprint density at radius 2 is 0.545 bits per heavy atom. The van der Waals surface area contributed by atoms with Crippen LogP contribution in [0.2, 0.25) is 0 Å². The smallest absolute Gasteiger partial charge is 0.153 e. The largest absolute Gasteiger partial charge is 0.453 e. The number of para-hydroxylation sites is 8. The molecular weight excluding hydrogens is 809 g/mol. The van der Waals surface area contributed by atoms with Crippen molar-refractivity contribution in [1.29, 1.82) is 0 Å². The zero-order chi connectivity index (χ0) is 43.8. The van der Waals surface area contributed by atoms with E-state index < -0.39 is 0 Å². The summed E-state index contributed by atoms with van der Waals surface area (Å²) in [5, 5.41) is 0. The molecule has 0 fully saturated rings. The summed E-state index contributed by atoms with van der Waals surface area (Å²) in [5.74, 6) is 3.22. The number of rotatable bonds is 9. The minimum Gasteiger partial charge on any atom is -0.453 e. The molecule has 0 bridgehead atoms. The van der Waals surface area contributed by atoms with Crippen LogP contribution in [0, 0.1) is 0 Å². The molecule has 0 aliphatic carbocycles. The van der Waals surface area contributed by atoms with E-state index in [1.54, 1.807) is 0 Å². The minimum absolute atomic E-state index is 0.791. The van der Waals surface area contributed by atoms with E-state index in [0.29, 0.717) is 0 Å². The van der Waals surface area contributed by atoms with E-state index >= 15 is 0 Å².